The molecule has 0 aliphatic carbocycles. The van der Waals surface area contributed by atoms with Crippen molar-refractivity contribution in [2.24, 2.45) is 0 Å². The molecule has 1 unspecified atom stereocenters. The molecule has 2 aromatic heterocycles. The third kappa shape index (κ3) is 6.08. The Hall–Kier alpha value is -4.69. The number of ether oxygens (including phenoxy) is 1. The lowest BCUT2D eigenvalue weighted by Crippen LogP contribution is -2.23. The molecule has 5 rings (SSSR count). The van der Waals surface area contributed by atoms with Gasteiger partial charge in [0.15, 0.2) is 11.2 Å². The Morgan fingerprint density at radius 2 is 1.56 bits per heavy atom. The fourth-order valence-electron chi connectivity index (χ4n) is 4.56. The molecular weight excluding hydrogens is 488 g/mol. The summed E-state index contributed by atoms with van der Waals surface area (Å²) in [5, 5.41) is 3.43. The number of nitrogens with one attached hydrogen (secondary N) is 3. The van der Waals surface area contributed by atoms with Crippen LogP contribution in [0.3, 0.4) is 0 Å². The molecule has 0 amide bonds. The number of anilines is 1. The number of hydrogen-bond acceptors (Lipinski definition) is 6. The van der Waals surface area contributed by atoms with Gasteiger partial charge in [-0.1, -0.05) is 72.8 Å². The number of hydrogen-bond donors (Lipinski definition) is 3. The molecule has 2 heterocycles. The number of rotatable bonds is 10. The van der Waals surface area contributed by atoms with Gasteiger partial charge in [-0.3, -0.25) is 9.78 Å². The van der Waals surface area contributed by atoms with Crippen LogP contribution in [0, 0.1) is 0 Å². The van der Waals surface area contributed by atoms with Crippen LogP contribution in [0.15, 0.2) is 96.1 Å². The Morgan fingerprint density at radius 3 is 2.23 bits per heavy atom. The Bertz CT molecular complexity index is 1610. The summed E-state index contributed by atoms with van der Waals surface area (Å²) < 4.78 is 5.95. The fourth-order valence-corrected chi connectivity index (χ4v) is 4.56. The zero-order valence-corrected chi connectivity index (χ0v) is 22.3. The van der Waals surface area contributed by atoms with E-state index in [1.165, 1.54) is 6.33 Å². The fraction of sp³-hybridized carbons (Fsp3) is 0.194. The average Bonchev–Trinajstić information content (AvgIpc) is 3.42. The minimum absolute atomic E-state index is 0.224. The Balaban J connectivity index is 1.60. The van der Waals surface area contributed by atoms with E-state index in [1.54, 1.807) is 0 Å². The number of H-pyrrole nitrogens is 2. The molecule has 8 heteroatoms. The van der Waals surface area contributed by atoms with Crippen molar-refractivity contribution in [2.75, 3.05) is 32.6 Å². The van der Waals surface area contributed by atoms with Gasteiger partial charge in [-0.15, -0.1) is 0 Å². The number of imidazole rings is 1. The number of aromatic nitrogens is 4. The predicted octanol–water partition coefficient (Wildman–Crippen LogP) is 5.05. The van der Waals surface area contributed by atoms with Crippen molar-refractivity contribution in [1.29, 1.82) is 0 Å². The van der Waals surface area contributed by atoms with E-state index in [0.717, 1.165) is 40.1 Å². The van der Waals surface area contributed by atoms with Gasteiger partial charge in [0.05, 0.1) is 12.4 Å². The molecule has 0 saturated heterocycles. The molecular formula is C31H32N6O2. The van der Waals surface area contributed by atoms with Gasteiger partial charge in [0.25, 0.3) is 5.56 Å². The first-order valence-corrected chi connectivity index (χ1v) is 12.9. The van der Waals surface area contributed by atoms with Crippen molar-refractivity contribution < 1.29 is 4.74 Å². The molecule has 5 aromatic rings. The van der Waals surface area contributed by atoms with Crippen LogP contribution >= 0.6 is 0 Å². The molecule has 0 aliphatic rings. The van der Waals surface area contributed by atoms with Crippen LogP contribution in [0.25, 0.3) is 22.3 Å². The second-order valence-corrected chi connectivity index (χ2v) is 9.58. The quantitative estimate of drug-likeness (QED) is 0.223. The molecule has 0 radical (unpaired) electrons. The van der Waals surface area contributed by atoms with E-state index in [2.05, 4.69) is 73.5 Å². The van der Waals surface area contributed by atoms with Crippen LogP contribution in [0.1, 0.15) is 23.6 Å². The molecule has 0 spiro atoms. The summed E-state index contributed by atoms with van der Waals surface area (Å²) >= 11 is 0. The first-order chi connectivity index (χ1) is 19.0. The number of aromatic amines is 2. The lowest BCUT2D eigenvalue weighted by Gasteiger charge is -2.24. The zero-order chi connectivity index (χ0) is 27.2. The van der Waals surface area contributed by atoms with E-state index in [9.17, 15) is 4.79 Å². The van der Waals surface area contributed by atoms with Gasteiger partial charge in [-0.25, -0.2) is 4.98 Å². The predicted molar refractivity (Wildman–Crippen MR) is 157 cm³/mol. The molecule has 0 fully saturated rings. The standard InChI is InChI=1S/C31H32N6O2/c1-21(34-31-35-29-28(30(38)36-31)32-20-33-29)26(22-10-6-4-7-11-22)27(23-12-8-5-9-13-23)24-14-16-25(17-15-24)39-19-18-37(2)3/h4-17,20-21H,18-19H2,1-3H3,(H3,32,33,34,35,36,38)/b27-26-. The molecule has 8 nitrogen and oxygen atoms in total. The van der Waals surface area contributed by atoms with Crippen molar-refractivity contribution in [3.05, 3.63) is 118 Å². The van der Waals surface area contributed by atoms with Gasteiger partial charge < -0.3 is 19.9 Å². The maximum Gasteiger partial charge on any atom is 0.278 e. The monoisotopic (exact) mass is 520 g/mol. The lowest BCUT2D eigenvalue weighted by molar-refractivity contribution is 0.261. The van der Waals surface area contributed by atoms with Crippen LogP contribution < -0.4 is 15.6 Å². The van der Waals surface area contributed by atoms with Gasteiger partial charge in [-0.2, -0.15) is 4.98 Å². The van der Waals surface area contributed by atoms with Crippen molar-refractivity contribution >= 4 is 28.3 Å². The van der Waals surface area contributed by atoms with Crippen LogP contribution in [0.4, 0.5) is 5.95 Å². The smallest absolute Gasteiger partial charge is 0.278 e. The average molecular weight is 521 g/mol. The third-order valence-corrected chi connectivity index (χ3v) is 6.45. The van der Waals surface area contributed by atoms with E-state index >= 15 is 0 Å². The molecule has 3 N–H and O–H groups in total. The van der Waals surface area contributed by atoms with Gasteiger partial charge in [0.2, 0.25) is 5.95 Å². The van der Waals surface area contributed by atoms with Crippen molar-refractivity contribution in [2.45, 2.75) is 13.0 Å². The first-order valence-electron chi connectivity index (χ1n) is 12.9. The van der Waals surface area contributed by atoms with Gasteiger partial charge in [0, 0.05) is 6.54 Å². The molecule has 0 bridgehead atoms. The summed E-state index contributed by atoms with van der Waals surface area (Å²) in [4.78, 5) is 29.0. The minimum atomic E-state index is -0.273. The highest BCUT2D eigenvalue weighted by molar-refractivity contribution is 6.00. The third-order valence-electron chi connectivity index (χ3n) is 6.45. The Morgan fingerprint density at radius 1 is 0.923 bits per heavy atom. The van der Waals surface area contributed by atoms with E-state index < -0.39 is 0 Å². The summed E-state index contributed by atoms with van der Waals surface area (Å²) in [7, 11) is 4.06. The molecule has 3 aromatic carbocycles. The molecule has 0 aliphatic heterocycles. The Labute approximate surface area is 227 Å². The van der Waals surface area contributed by atoms with Crippen LogP contribution in [0.2, 0.25) is 0 Å². The summed E-state index contributed by atoms with van der Waals surface area (Å²) in [6.07, 6.45) is 1.47. The molecule has 198 valence electrons. The van der Waals surface area contributed by atoms with Crippen LogP contribution in [-0.2, 0) is 0 Å². The van der Waals surface area contributed by atoms with Gasteiger partial charge in [0.1, 0.15) is 12.4 Å². The number of fused-ring (bicyclic) bond motifs is 1. The zero-order valence-electron chi connectivity index (χ0n) is 22.3. The summed E-state index contributed by atoms with van der Waals surface area (Å²) in [6, 6.07) is 28.6. The minimum Gasteiger partial charge on any atom is -0.492 e. The number of nitrogens with zero attached hydrogens (tertiary/aromatic N) is 3. The van der Waals surface area contributed by atoms with Crippen LogP contribution in [-0.4, -0.2) is 58.1 Å². The summed E-state index contributed by atoms with van der Waals surface area (Å²) in [6.45, 7) is 3.53. The Kier molecular flexibility index (Phi) is 7.84. The summed E-state index contributed by atoms with van der Waals surface area (Å²) in [5.74, 6) is 1.19. The van der Waals surface area contributed by atoms with Crippen molar-refractivity contribution in [1.82, 2.24) is 24.8 Å². The van der Waals surface area contributed by atoms with Crippen molar-refractivity contribution in [3.8, 4) is 5.75 Å². The van der Waals surface area contributed by atoms with E-state index in [1.807, 2.05) is 62.6 Å². The van der Waals surface area contributed by atoms with E-state index in [0.29, 0.717) is 23.7 Å². The van der Waals surface area contributed by atoms with Crippen LogP contribution in [0.5, 0.6) is 5.75 Å². The maximum absolute atomic E-state index is 12.6. The van der Waals surface area contributed by atoms with E-state index in [-0.39, 0.29) is 11.6 Å². The van der Waals surface area contributed by atoms with E-state index in [4.69, 9.17) is 4.74 Å². The van der Waals surface area contributed by atoms with Gasteiger partial charge in [-0.05, 0) is 61.0 Å². The molecule has 39 heavy (non-hydrogen) atoms. The molecule has 1 atom stereocenters. The topological polar surface area (TPSA) is 98.9 Å². The first kappa shape index (κ1) is 25.9. The molecule has 0 saturated carbocycles. The lowest BCUT2D eigenvalue weighted by atomic mass is 9.86. The number of benzene rings is 3. The summed E-state index contributed by atoms with van der Waals surface area (Å²) in [5.41, 5.74) is 5.78. The largest absolute Gasteiger partial charge is 0.492 e. The second-order valence-electron chi connectivity index (χ2n) is 9.58. The van der Waals surface area contributed by atoms with Gasteiger partial charge >= 0.3 is 0 Å². The normalized spacial score (nSPS) is 12.8. The highest BCUT2D eigenvalue weighted by Gasteiger charge is 2.21. The number of likely N-dealkylation sites (N-methyl/N-ethyl adjacent to an activating group) is 1. The highest BCUT2D eigenvalue weighted by Crippen LogP contribution is 2.36. The second kappa shape index (κ2) is 11.8. The van der Waals surface area contributed by atoms with Crippen molar-refractivity contribution in [3.63, 3.8) is 0 Å². The highest BCUT2D eigenvalue weighted by atomic mass is 16.5. The SMILES string of the molecule is CC(Nc1nc2nc[nH]c2c(=O)[nH]1)/C(=C(\c1ccccc1)c1ccc(OCCN(C)C)cc1)c1ccccc1. The maximum atomic E-state index is 12.6.